The van der Waals surface area contributed by atoms with E-state index in [0.29, 0.717) is 5.19 Å². The fourth-order valence-corrected chi connectivity index (χ4v) is 2.14. The first-order valence-electron chi connectivity index (χ1n) is 5.28. The van der Waals surface area contributed by atoms with Crippen LogP contribution in [0.4, 0.5) is 0 Å². The van der Waals surface area contributed by atoms with Crippen LogP contribution in [0, 0.1) is 0 Å². The Labute approximate surface area is 102 Å². The Kier molecular flexibility index (Phi) is 2.49. The molecule has 2 heterocycles. The van der Waals surface area contributed by atoms with Crippen molar-refractivity contribution in [1.82, 2.24) is 19.6 Å². The van der Waals surface area contributed by atoms with Gasteiger partial charge in [-0.25, -0.2) is 0 Å². The topological polar surface area (TPSA) is 63.7 Å². The summed E-state index contributed by atoms with van der Waals surface area (Å²) in [4.78, 5) is 4.25. The molecule has 1 N–H and O–H groups in total. The van der Waals surface area contributed by atoms with E-state index in [1.54, 1.807) is 6.20 Å². The van der Waals surface area contributed by atoms with Crippen LogP contribution in [0.3, 0.4) is 0 Å². The number of benzene rings is 1. The lowest BCUT2D eigenvalue weighted by Gasteiger charge is -2.00. The Balaban J connectivity index is 1.88. The molecule has 0 radical (unpaired) electrons. The van der Waals surface area contributed by atoms with Crippen molar-refractivity contribution in [2.75, 3.05) is 0 Å². The summed E-state index contributed by atoms with van der Waals surface area (Å²) in [5.74, 6) is 1.55. The van der Waals surface area contributed by atoms with Crippen molar-refractivity contribution in [3.05, 3.63) is 30.2 Å². The molecule has 1 aromatic carbocycles. The van der Waals surface area contributed by atoms with Gasteiger partial charge >= 0.3 is 0 Å². The van der Waals surface area contributed by atoms with Crippen LogP contribution >= 0.6 is 11.5 Å². The van der Waals surface area contributed by atoms with Gasteiger partial charge in [0.15, 0.2) is 0 Å². The second-order valence-electron chi connectivity index (χ2n) is 3.55. The van der Waals surface area contributed by atoms with Crippen LogP contribution in [0.15, 0.2) is 24.4 Å². The molecule has 0 saturated carbocycles. The second kappa shape index (κ2) is 4.14. The molecule has 0 aliphatic heterocycles. The highest BCUT2D eigenvalue weighted by atomic mass is 32.1. The minimum Gasteiger partial charge on any atom is -0.430 e. The maximum Gasteiger partial charge on any atom is 0.298 e. The third-order valence-electron chi connectivity index (χ3n) is 2.38. The SMILES string of the molecule is CCc1nsc(Oc2ccc3cn[nH]c3c2)n1. The van der Waals surface area contributed by atoms with E-state index in [1.165, 1.54) is 11.5 Å². The summed E-state index contributed by atoms with van der Waals surface area (Å²) in [6.07, 6.45) is 2.60. The molecule has 0 atom stereocenters. The molecule has 0 aliphatic carbocycles. The molecule has 0 amide bonds. The average molecular weight is 246 g/mol. The lowest BCUT2D eigenvalue weighted by molar-refractivity contribution is 0.478. The van der Waals surface area contributed by atoms with E-state index in [-0.39, 0.29) is 0 Å². The van der Waals surface area contributed by atoms with Crippen molar-refractivity contribution in [2.45, 2.75) is 13.3 Å². The van der Waals surface area contributed by atoms with E-state index in [9.17, 15) is 0 Å². The largest absolute Gasteiger partial charge is 0.430 e. The Morgan fingerprint density at radius 3 is 3.18 bits per heavy atom. The maximum absolute atomic E-state index is 5.64. The fourth-order valence-electron chi connectivity index (χ4n) is 1.50. The molecule has 86 valence electrons. The van der Waals surface area contributed by atoms with E-state index in [0.717, 1.165) is 28.9 Å². The Hall–Kier alpha value is -1.95. The van der Waals surface area contributed by atoms with Gasteiger partial charge in [-0.3, -0.25) is 5.10 Å². The van der Waals surface area contributed by atoms with Crippen LogP contribution in [0.1, 0.15) is 12.7 Å². The number of rotatable bonds is 3. The standard InChI is InChI=1S/C11H10N4OS/c1-2-10-13-11(17-15-10)16-8-4-3-7-6-12-14-9(7)5-8/h3-6H,2H2,1H3,(H,12,14). The number of aryl methyl sites for hydroxylation is 1. The molecular formula is C11H10N4OS. The number of ether oxygens (including phenoxy) is 1. The van der Waals surface area contributed by atoms with Gasteiger partial charge in [-0.2, -0.15) is 14.5 Å². The zero-order valence-electron chi connectivity index (χ0n) is 9.17. The van der Waals surface area contributed by atoms with E-state index < -0.39 is 0 Å². The van der Waals surface area contributed by atoms with Crippen molar-refractivity contribution < 1.29 is 4.74 Å². The number of fused-ring (bicyclic) bond motifs is 1. The van der Waals surface area contributed by atoms with Gasteiger partial charge in [0.1, 0.15) is 11.6 Å². The van der Waals surface area contributed by atoms with Crippen LogP contribution < -0.4 is 4.74 Å². The summed E-state index contributed by atoms with van der Waals surface area (Å²) in [6, 6.07) is 5.75. The Bertz CT molecular complexity index is 646. The predicted molar refractivity (Wildman–Crippen MR) is 65.5 cm³/mol. The fraction of sp³-hybridized carbons (Fsp3) is 0.182. The van der Waals surface area contributed by atoms with E-state index in [2.05, 4.69) is 19.6 Å². The molecule has 0 fully saturated rings. The molecule has 0 aliphatic rings. The summed E-state index contributed by atoms with van der Waals surface area (Å²) in [7, 11) is 0. The lowest BCUT2D eigenvalue weighted by Crippen LogP contribution is -1.85. The summed E-state index contributed by atoms with van der Waals surface area (Å²) >= 11 is 1.27. The summed E-state index contributed by atoms with van der Waals surface area (Å²) in [5, 5.41) is 8.49. The number of nitrogens with zero attached hydrogens (tertiary/aromatic N) is 3. The minimum absolute atomic E-state index is 0.570. The van der Waals surface area contributed by atoms with Gasteiger partial charge in [-0.05, 0) is 12.1 Å². The number of aromatic nitrogens is 4. The van der Waals surface area contributed by atoms with Crippen molar-refractivity contribution in [3.8, 4) is 10.9 Å². The van der Waals surface area contributed by atoms with Gasteiger partial charge in [0.05, 0.1) is 11.7 Å². The molecule has 3 aromatic rings. The molecule has 0 unspecified atom stereocenters. The van der Waals surface area contributed by atoms with Crippen LogP contribution in [0.25, 0.3) is 10.9 Å². The zero-order valence-corrected chi connectivity index (χ0v) is 9.99. The first-order valence-corrected chi connectivity index (χ1v) is 6.06. The van der Waals surface area contributed by atoms with Gasteiger partial charge in [0, 0.05) is 29.4 Å². The highest BCUT2D eigenvalue weighted by Gasteiger charge is 2.05. The van der Waals surface area contributed by atoms with E-state index >= 15 is 0 Å². The average Bonchev–Trinajstić information content (AvgIpc) is 2.96. The number of H-pyrrole nitrogens is 1. The van der Waals surface area contributed by atoms with Crippen LogP contribution in [0.5, 0.6) is 10.9 Å². The molecule has 5 nitrogen and oxygen atoms in total. The van der Waals surface area contributed by atoms with Gasteiger partial charge in [0.2, 0.25) is 0 Å². The maximum atomic E-state index is 5.64. The first kappa shape index (κ1) is 10.2. The van der Waals surface area contributed by atoms with Crippen molar-refractivity contribution in [3.63, 3.8) is 0 Å². The Morgan fingerprint density at radius 2 is 2.35 bits per heavy atom. The Morgan fingerprint density at radius 1 is 1.41 bits per heavy atom. The van der Waals surface area contributed by atoms with Crippen LogP contribution in [0.2, 0.25) is 0 Å². The molecule has 6 heteroatoms. The van der Waals surface area contributed by atoms with Gasteiger partial charge in [-0.15, -0.1) is 0 Å². The predicted octanol–water partition coefficient (Wildman–Crippen LogP) is 2.77. The molecular weight excluding hydrogens is 236 g/mol. The first-order chi connectivity index (χ1) is 8.35. The number of hydrogen-bond acceptors (Lipinski definition) is 5. The normalized spacial score (nSPS) is 10.9. The quantitative estimate of drug-likeness (QED) is 0.771. The summed E-state index contributed by atoms with van der Waals surface area (Å²) in [5.41, 5.74) is 0.947. The van der Waals surface area contributed by atoms with E-state index in [4.69, 9.17) is 4.74 Å². The summed E-state index contributed by atoms with van der Waals surface area (Å²) in [6.45, 7) is 2.02. The third kappa shape index (κ3) is 1.99. The molecule has 2 aromatic heterocycles. The summed E-state index contributed by atoms with van der Waals surface area (Å²) < 4.78 is 9.80. The molecule has 0 bridgehead atoms. The third-order valence-corrected chi connectivity index (χ3v) is 3.02. The van der Waals surface area contributed by atoms with Crippen LogP contribution in [-0.4, -0.2) is 19.6 Å². The van der Waals surface area contributed by atoms with Crippen molar-refractivity contribution in [2.24, 2.45) is 0 Å². The monoisotopic (exact) mass is 246 g/mol. The number of hydrogen-bond donors (Lipinski definition) is 1. The molecule has 17 heavy (non-hydrogen) atoms. The number of nitrogens with one attached hydrogen (secondary N) is 1. The lowest BCUT2D eigenvalue weighted by atomic mass is 10.2. The molecule has 0 saturated heterocycles. The van der Waals surface area contributed by atoms with E-state index in [1.807, 2.05) is 25.1 Å². The smallest absolute Gasteiger partial charge is 0.298 e. The highest BCUT2D eigenvalue weighted by Crippen LogP contribution is 2.25. The second-order valence-corrected chi connectivity index (χ2v) is 4.27. The van der Waals surface area contributed by atoms with Crippen LogP contribution in [-0.2, 0) is 6.42 Å². The van der Waals surface area contributed by atoms with Gasteiger partial charge in [-0.1, -0.05) is 6.92 Å². The minimum atomic E-state index is 0.570. The zero-order chi connectivity index (χ0) is 11.7. The van der Waals surface area contributed by atoms with Crippen molar-refractivity contribution in [1.29, 1.82) is 0 Å². The highest BCUT2D eigenvalue weighted by molar-refractivity contribution is 7.07. The van der Waals surface area contributed by atoms with Gasteiger partial charge in [0.25, 0.3) is 5.19 Å². The van der Waals surface area contributed by atoms with Gasteiger partial charge < -0.3 is 4.74 Å². The number of aromatic amines is 1. The van der Waals surface area contributed by atoms with Crippen molar-refractivity contribution >= 4 is 22.4 Å². The molecule has 3 rings (SSSR count). The molecule has 0 spiro atoms.